The number of amides is 1. The lowest BCUT2D eigenvalue weighted by molar-refractivity contribution is -0.128. The predicted octanol–water partition coefficient (Wildman–Crippen LogP) is 4.93. The summed E-state index contributed by atoms with van der Waals surface area (Å²) < 4.78 is 3.08. The second-order valence-electron chi connectivity index (χ2n) is 8.31. The summed E-state index contributed by atoms with van der Waals surface area (Å²) in [4.78, 5) is 23.2. The van der Waals surface area contributed by atoms with Gasteiger partial charge in [-0.2, -0.15) is 10.1 Å². The van der Waals surface area contributed by atoms with Crippen LogP contribution in [0.2, 0.25) is 0 Å². The molecule has 0 radical (unpaired) electrons. The lowest BCUT2D eigenvalue weighted by atomic mass is 10.2. The van der Waals surface area contributed by atoms with Crippen LogP contribution in [0.4, 0.5) is 5.13 Å². The van der Waals surface area contributed by atoms with Crippen molar-refractivity contribution in [2.45, 2.75) is 25.2 Å². The molecule has 6 nitrogen and oxygen atoms in total. The van der Waals surface area contributed by atoms with Crippen LogP contribution in [-0.2, 0) is 4.79 Å². The smallest absolute Gasteiger partial charge is 0.232 e. The predicted molar refractivity (Wildman–Crippen MR) is 137 cm³/mol. The monoisotopic (exact) mass is 477 g/mol. The molecule has 33 heavy (non-hydrogen) atoms. The highest BCUT2D eigenvalue weighted by atomic mass is 32.2. The summed E-state index contributed by atoms with van der Waals surface area (Å²) in [5.41, 5.74) is 4.15. The minimum absolute atomic E-state index is 0.209. The lowest BCUT2D eigenvalue weighted by Gasteiger charge is -2.21. The third kappa shape index (κ3) is 4.77. The highest BCUT2D eigenvalue weighted by molar-refractivity contribution is 8.00. The summed E-state index contributed by atoms with van der Waals surface area (Å²) >= 11 is 3.31. The molecule has 0 unspecified atom stereocenters. The molecule has 0 atom stereocenters. The van der Waals surface area contributed by atoms with Crippen molar-refractivity contribution in [3.05, 3.63) is 65.9 Å². The molecule has 0 bridgehead atoms. The summed E-state index contributed by atoms with van der Waals surface area (Å²) in [6.45, 7) is 7.37. The Morgan fingerprint density at radius 3 is 2.70 bits per heavy atom. The van der Waals surface area contributed by atoms with Gasteiger partial charge in [0.05, 0.1) is 21.8 Å². The van der Waals surface area contributed by atoms with Gasteiger partial charge in [0, 0.05) is 31.1 Å². The van der Waals surface area contributed by atoms with E-state index in [1.165, 1.54) is 5.56 Å². The van der Waals surface area contributed by atoms with Gasteiger partial charge in [0.15, 0.2) is 10.8 Å². The number of hydrogen-bond donors (Lipinski definition) is 0. The van der Waals surface area contributed by atoms with Gasteiger partial charge in [-0.25, -0.2) is 4.68 Å². The molecule has 3 heterocycles. The molecule has 0 spiro atoms. The maximum atomic E-state index is 12.8. The van der Waals surface area contributed by atoms with E-state index in [1.807, 2.05) is 34.7 Å². The molecule has 1 aliphatic heterocycles. The van der Waals surface area contributed by atoms with Gasteiger partial charge in [-0.1, -0.05) is 41.7 Å². The van der Waals surface area contributed by atoms with Crippen LogP contribution in [0.15, 0.2) is 59.5 Å². The fourth-order valence-corrected chi connectivity index (χ4v) is 5.97. The van der Waals surface area contributed by atoms with Crippen molar-refractivity contribution in [3.63, 3.8) is 0 Å². The Kier molecular flexibility index (Phi) is 6.37. The fraction of sp³-hybridized carbons (Fsp3) is 0.320. The van der Waals surface area contributed by atoms with E-state index in [2.05, 4.69) is 48.2 Å². The standard InChI is InChI=1S/C25H27N5OS2/c1-18-8-6-9-20(16-18)30-24-23(19(2)27-30)33-25(26-24)29-13-7-12-28(14-15-29)22(31)17-32-21-10-4-3-5-11-21/h3-6,8-11,16H,7,12-15,17H2,1-2H3. The Balaban J connectivity index is 1.29. The molecule has 2 aromatic heterocycles. The second-order valence-corrected chi connectivity index (χ2v) is 10.3. The highest BCUT2D eigenvalue weighted by Crippen LogP contribution is 2.33. The minimum Gasteiger partial charge on any atom is -0.346 e. The van der Waals surface area contributed by atoms with Crippen molar-refractivity contribution < 1.29 is 4.79 Å². The number of nitrogens with zero attached hydrogens (tertiary/aromatic N) is 5. The summed E-state index contributed by atoms with van der Waals surface area (Å²) in [6.07, 6.45) is 0.945. The number of hydrogen-bond acceptors (Lipinski definition) is 6. The first kappa shape index (κ1) is 22.0. The molecule has 1 fully saturated rings. The third-order valence-electron chi connectivity index (χ3n) is 5.85. The quantitative estimate of drug-likeness (QED) is 0.382. The van der Waals surface area contributed by atoms with Gasteiger partial charge >= 0.3 is 0 Å². The average molecular weight is 478 g/mol. The summed E-state index contributed by atoms with van der Waals surface area (Å²) in [7, 11) is 0. The van der Waals surface area contributed by atoms with Gasteiger partial charge in [-0.3, -0.25) is 4.79 Å². The van der Waals surface area contributed by atoms with E-state index in [4.69, 9.17) is 10.1 Å². The van der Waals surface area contributed by atoms with Gasteiger partial charge < -0.3 is 9.80 Å². The van der Waals surface area contributed by atoms with Crippen LogP contribution in [0.5, 0.6) is 0 Å². The van der Waals surface area contributed by atoms with Crippen molar-refractivity contribution in [2.75, 3.05) is 36.8 Å². The van der Waals surface area contributed by atoms with E-state index >= 15 is 0 Å². The number of fused-ring (bicyclic) bond motifs is 1. The number of thioether (sulfide) groups is 1. The van der Waals surface area contributed by atoms with Gasteiger partial charge in [0.2, 0.25) is 5.91 Å². The Morgan fingerprint density at radius 2 is 1.88 bits per heavy atom. The first-order valence-electron chi connectivity index (χ1n) is 11.2. The zero-order valence-corrected chi connectivity index (χ0v) is 20.5. The molecular formula is C25H27N5OS2. The van der Waals surface area contributed by atoms with Crippen LogP contribution >= 0.6 is 23.1 Å². The number of carbonyl (C=O) groups excluding carboxylic acids is 1. The highest BCUT2D eigenvalue weighted by Gasteiger charge is 2.23. The summed E-state index contributed by atoms with van der Waals surface area (Å²) in [5, 5.41) is 5.75. The Bertz CT molecular complexity index is 1270. The third-order valence-corrected chi connectivity index (χ3v) is 8.06. The van der Waals surface area contributed by atoms with Crippen LogP contribution < -0.4 is 4.90 Å². The van der Waals surface area contributed by atoms with Crippen LogP contribution in [-0.4, -0.2) is 57.5 Å². The van der Waals surface area contributed by atoms with E-state index in [-0.39, 0.29) is 5.91 Å². The van der Waals surface area contributed by atoms with Crippen molar-refractivity contribution >= 4 is 44.5 Å². The van der Waals surface area contributed by atoms with Crippen molar-refractivity contribution in [1.29, 1.82) is 0 Å². The summed E-state index contributed by atoms with van der Waals surface area (Å²) in [5.74, 6) is 0.692. The van der Waals surface area contributed by atoms with E-state index < -0.39 is 0 Å². The molecule has 8 heteroatoms. The molecule has 4 aromatic rings. The molecule has 0 N–H and O–H groups in total. The van der Waals surface area contributed by atoms with Crippen molar-refractivity contribution in [2.24, 2.45) is 0 Å². The Hall–Kier alpha value is -2.84. The number of rotatable bonds is 5. The normalized spacial score (nSPS) is 14.6. The van der Waals surface area contributed by atoms with Crippen LogP contribution in [0.25, 0.3) is 16.0 Å². The molecule has 0 aliphatic carbocycles. The van der Waals surface area contributed by atoms with Crippen molar-refractivity contribution in [3.8, 4) is 5.69 Å². The van der Waals surface area contributed by atoms with E-state index in [0.717, 1.165) is 64.4 Å². The average Bonchev–Trinajstić information content (AvgIpc) is 3.29. The minimum atomic E-state index is 0.209. The first-order chi connectivity index (χ1) is 16.1. The number of thiazole rings is 1. The Morgan fingerprint density at radius 1 is 1.03 bits per heavy atom. The molecule has 5 rings (SSSR count). The van der Waals surface area contributed by atoms with E-state index in [0.29, 0.717) is 5.75 Å². The van der Waals surface area contributed by atoms with E-state index in [1.54, 1.807) is 23.1 Å². The van der Waals surface area contributed by atoms with Crippen LogP contribution in [0, 0.1) is 13.8 Å². The molecule has 1 saturated heterocycles. The van der Waals surface area contributed by atoms with Gasteiger partial charge in [0.1, 0.15) is 0 Å². The molecule has 0 saturated carbocycles. The molecular weight excluding hydrogens is 450 g/mol. The number of aryl methyl sites for hydroxylation is 2. The summed E-state index contributed by atoms with van der Waals surface area (Å²) in [6, 6.07) is 18.5. The molecule has 2 aromatic carbocycles. The number of anilines is 1. The number of carbonyl (C=O) groups is 1. The topological polar surface area (TPSA) is 54.3 Å². The van der Waals surface area contributed by atoms with Gasteiger partial charge in [-0.05, 0) is 50.1 Å². The first-order valence-corrected chi connectivity index (χ1v) is 13.0. The maximum absolute atomic E-state index is 12.8. The largest absolute Gasteiger partial charge is 0.346 e. The van der Waals surface area contributed by atoms with Crippen LogP contribution in [0.3, 0.4) is 0 Å². The van der Waals surface area contributed by atoms with Gasteiger partial charge in [-0.15, -0.1) is 11.8 Å². The zero-order chi connectivity index (χ0) is 22.8. The second kappa shape index (κ2) is 9.57. The number of aromatic nitrogens is 3. The lowest BCUT2D eigenvalue weighted by Crippen LogP contribution is -2.36. The van der Waals surface area contributed by atoms with Crippen molar-refractivity contribution in [1.82, 2.24) is 19.7 Å². The number of benzene rings is 2. The zero-order valence-electron chi connectivity index (χ0n) is 18.9. The maximum Gasteiger partial charge on any atom is 0.232 e. The molecule has 170 valence electrons. The molecule has 1 aliphatic rings. The van der Waals surface area contributed by atoms with Gasteiger partial charge in [0.25, 0.3) is 0 Å². The van der Waals surface area contributed by atoms with Crippen LogP contribution in [0.1, 0.15) is 17.7 Å². The SMILES string of the molecule is Cc1cccc(-n2nc(C)c3sc(N4CCCN(C(=O)CSc5ccccc5)CC4)nc32)c1. The van der Waals surface area contributed by atoms with E-state index in [9.17, 15) is 4.79 Å². The molecule has 1 amide bonds. The Labute approximate surface area is 202 Å². The fourth-order valence-electron chi connectivity index (χ4n) is 4.11.